The molecule has 6 N–H and O–H groups in total. The zero-order valence-corrected chi connectivity index (χ0v) is 8.40. The van der Waals surface area contributed by atoms with E-state index < -0.39 is 11.9 Å². The third-order valence-electron chi connectivity index (χ3n) is 2.21. The van der Waals surface area contributed by atoms with Gasteiger partial charge < -0.3 is 21.7 Å². The molecule has 15 heavy (non-hydrogen) atoms. The minimum Gasteiger partial charge on any atom is -0.506 e. The summed E-state index contributed by atoms with van der Waals surface area (Å²) in [6, 6.07) is 2.92. The van der Waals surface area contributed by atoms with E-state index in [0.29, 0.717) is 11.3 Å². The molecule has 0 aliphatic rings. The van der Waals surface area contributed by atoms with Crippen LogP contribution in [0.15, 0.2) is 12.1 Å². The number of phenolic OH excluding ortho intramolecular Hbond substituents is 1. The Morgan fingerprint density at radius 1 is 1.47 bits per heavy atom. The summed E-state index contributed by atoms with van der Waals surface area (Å²) in [5.74, 6) is -1.58. The van der Waals surface area contributed by atoms with Gasteiger partial charge in [-0.05, 0) is 18.1 Å². The molecule has 5 nitrogen and oxygen atoms in total. The minimum atomic E-state index is -0.906. The third kappa shape index (κ3) is 2.52. The van der Waals surface area contributed by atoms with Crippen molar-refractivity contribution in [1.29, 1.82) is 0 Å². The van der Waals surface area contributed by atoms with Crippen LogP contribution in [0, 0.1) is 5.92 Å². The summed E-state index contributed by atoms with van der Waals surface area (Å²) in [4.78, 5) is 10.7. The van der Waals surface area contributed by atoms with Crippen LogP contribution in [0.3, 0.4) is 0 Å². The molecule has 0 aliphatic carbocycles. The highest BCUT2D eigenvalue weighted by Gasteiger charge is 2.15. The largest absolute Gasteiger partial charge is 0.506 e. The van der Waals surface area contributed by atoms with Gasteiger partial charge in [-0.2, -0.15) is 0 Å². The molecule has 0 radical (unpaired) electrons. The molecule has 5 heteroatoms. The van der Waals surface area contributed by atoms with Crippen molar-refractivity contribution >= 4 is 17.3 Å². The van der Waals surface area contributed by atoms with Gasteiger partial charge in [0, 0.05) is 11.8 Å². The van der Waals surface area contributed by atoms with E-state index in [1.54, 1.807) is 13.0 Å². The van der Waals surface area contributed by atoms with Crippen molar-refractivity contribution in [3.05, 3.63) is 17.7 Å². The second-order valence-electron chi connectivity index (χ2n) is 3.56. The van der Waals surface area contributed by atoms with Crippen LogP contribution in [0.5, 0.6) is 5.75 Å². The number of benzene rings is 1. The molecule has 0 fully saturated rings. The summed E-state index contributed by atoms with van der Waals surface area (Å²) in [7, 11) is 0. The summed E-state index contributed by atoms with van der Waals surface area (Å²) in [6.45, 7) is 1.57. The molecular weight excluding hydrogens is 196 g/mol. The molecule has 0 saturated carbocycles. The molecule has 0 saturated heterocycles. The maximum Gasteiger partial charge on any atom is 0.306 e. The van der Waals surface area contributed by atoms with Crippen LogP contribution in [0.4, 0.5) is 11.4 Å². The Bertz CT molecular complexity index is 390. The van der Waals surface area contributed by atoms with Gasteiger partial charge >= 0.3 is 5.97 Å². The molecule has 1 atom stereocenters. The Morgan fingerprint density at radius 3 is 2.60 bits per heavy atom. The lowest BCUT2D eigenvalue weighted by Gasteiger charge is -2.11. The zero-order chi connectivity index (χ0) is 11.6. The van der Waals surface area contributed by atoms with E-state index in [1.807, 2.05) is 0 Å². The van der Waals surface area contributed by atoms with Crippen molar-refractivity contribution < 1.29 is 15.0 Å². The van der Waals surface area contributed by atoms with Crippen molar-refractivity contribution in [1.82, 2.24) is 0 Å². The number of aliphatic carboxylic acids is 1. The van der Waals surface area contributed by atoms with Gasteiger partial charge in [0.1, 0.15) is 5.75 Å². The van der Waals surface area contributed by atoms with E-state index >= 15 is 0 Å². The summed E-state index contributed by atoms with van der Waals surface area (Å²) in [6.07, 6.45) is 0.250. The van der Waals surface area contributed by atoms with Gasteiger partial charge in [-0.3, -0.25) is 4.79 Å². The molecule has 0 aliphatic heterocycles. The predicted octanol–water partition coefficient (Wildman–Crippen LogP) is 0.820. The maximum atomic E-state index is 10.7. The number of nitrogens with two attached hydrogens (primary N) is 2. The third-order valence-corrected chi connectivity index (χ3v) is 2.21. The number of nitrogen functional groups attached to an aromatic ring is 2. The minimum absolute atomic E-state index is 0.109. The number of aromatic hydroxyl groups is 1. The Morgan fingerprint density at radius 2 is 2.07 bits per heavy atom. The molecule has 1 aromatic carbocycles. The van der Waals surface area contributed by atoms with Crippen LogP contribution in [0.1, 0.15) is 12.5 Å². The number of carboxylic acids is 1. The van der Waals surface area contributed by atoms with E-state index in [-0.39, 0.29) is 17.9 Å². The van der Waals surface area contributed by atoms with Gasteiger partial charge in [-0.25, -0.2) is 0 Å². The van der Waals surface area contributed by atoms with E-state index in [0.717, 1.165) is 0 Å². The monoisotopic (exact) mass is 210 g/mol. The molecule has 0 amide bonds. The van der Waals surface area contributed by atoms with Gasteiger partial charge in [0.2, 0.25) is 0 Å². The molecular formula is C10H14N2O3. The van der Waals surface area contributed by atoms with E-state index in [2.05, 4.69) is 0 Å². The topological polar surface area (TPSA) is 110 Å². The van der Waals surface area contributed by atoms with E-state index in [9.17, 15) is 9.90 Å². The molecule has 1 unspecified atom stereocenters. The van der Waals surface area contributed by atoms with Crippen LogP contribution in [0.25, 0.3) is 0 Å². The Labute approximate surface area is 87.3 Å². The highest BCUT2D eigenvalue weighted by atomic mass is 16.4. The summed E-state index contributed by atoms with van der Waals surface area (Å²) < 4.78 is 0. The zero-order valence-electron chi connectivity index (χ0n) is 8.40. The predicted molar refractivity (Wildman–Crippen MR) is 57.4 cm³/mol. The molecule has 0 spiro atoms. The average Bonchev–Trinajstić information content (AvgIpc) is 2.13. The highest BCUT2D eigenvalue weighted by molar-refractivity contribution is 5.71. The highest BCUT2D eigenvalue weighted by Crippen LogP contribution is 2.29. The standard InChI is InChI=1S/C10H14N2O3/c1-5(10(14)15)2-6-3-7(11)4-8(13)9(6)12/h3-5,13H,2,11-12H2,1H3,(H,14,15). The van der Waals surface area contributed by atoms with Crippen molar-refractivity contribution in [2.75, 3.05) is 11.5 Å². The number of hydrogen-bond donors (Lipinski definition) is 4. The first-order chi connectivity index (χ1) is 6.91. The Balaban J connectivity index is 2.99. The molecule has 0 heterocycles. The van der Waals surface area contributed by atoms with Crippen LogP contribution >= 0.6 is 0 Å². The molecule has 1 aromatic rings. The first-order valence-corrected chi connectivity index (χ1v) is 4.51. The number of rotatable bonds is 3. The molecule has 0 bridgehead atoms. The fraction of sp³-hybridized carbons (Fsp3) is 0.300. The fourth-order valence-corrected chi connectivity index (χ4v) is 1.31. The second-order valence-corrected chi connectivity index (χ2v) is 3.56. The maximum absolute atomic E-state index is 10.7. The van der Waals surface area contributed by atoms with Crippen molar-refractivity contribution in [2.45, 2.75) is 13.3 Å². The lowest BCUT2D eigenvalue weighted by Crippen LogP contribution is -2.13. The molecule has 82 valence electrons. The summed E-state index contributed by atoms with van der Waals surface area (Å²) in [5, 5.41) is 18.1. The SMILES string of the molecule is CC(Cc1cc(N)cc(O)c1N)C(=O)O. The first kappa shape index (κ1) is 11.2. The van der Waals surface area contributed by atoms with Crippen molar-refractivity contribution in [2.24, 2.45) is 5.92 Å². The number of phenols is 1. The number of anilines is 2. The first-order valence-electron chi connectivity index (χ1n) is 4.51. The Hall–Kier alpha value is -1.91. The normalized spacial score (nSPS) is 12.3. The van der Waals surface area contributed by atoms with Gasteiger partial charge in [0.05, 0.1) is 11.6 Å². The number of carboxylic acid groups (broad SMARTS) is 1. The van der Waals surface area contributed by atoms with Crippen molar-refractivity contribution in [3.8, 4) is 5.75 Å². The lowest BCUT2D eigenvalue weighted by atomic mass is 9.99. The molecule has 0 aromatic heterocycles. The van der Waals surface area contributed by atoms with Crippen molar-refractivity contribution in [3.63, 3.8) is 0 Å². The van der Waals surface area contributed by atoms with Crippen LogP contribution < -0.4 is 11.5 Å². The summed E-state index contributed by atoms with van der Waals surface area (Å²) >= 11 is 0. The van der Waals surface area contributed by atoms with Gasteiger partial charge in [-0.1, -0.05) is 6.92 Å². The fourth-order valence-electron chi connectivity index (χ4n) is 1.31. The van der Waals surface area contributed by atoms with E-state index in [1.165, 1.54) is 6.07 Å². The lowest BCUT2D eigenvalue weighted by molar-refractivity contribution is -0.141. The van der Waals surface area contributed by atoms with Crippen LogP contribution in [0.2, 0.25) is 0 Å². The van der Waals surface area contributed by atoms with Gasteiger partial charge in [0.25, 0.3) is 0 Å². The second kappa shape index (κ2) is 4.08. The van der Waals surface area contributed by atoms with Crippen LogP contribution in [-0.4, -0.2) is 16.2 Å². The number of carbonyl (C=O) groups is 1. The average molecular weight is 210 g/mol. The molecule has 1 rings (SSSR count). The van der Waals surface area contributed by atoms with Gasteiger partial charge in [-0.15, -0.1) is 0 Å². The summed E-state index contributed by atoms with van der Waals surface area (Å²) in [5.41, 5.74) is 12.2. The Kier molecular flexibility index (Phi) is 3.04. The van der Waals surface area contributed by atoms with Gasteiger partial charge in [0.15, 0.2) is 0 Å². The van der Waals surface area contributed by atoms with Crippen LogP contribution in [-0.2, 0) is 11.2 Å². The van der Waals surface area contributed by atoms with E-state index in [4.69, 9.17) is 16.6 Å². The number of hydrogen-bond acceptors (Lipinski definition) is 4. The smallest absolute Gasteiger partial charge is 0.306 e. The quantitative estimate of drug-likeness (QED) is 0.436.